The minimum absolute atomic E-state index is 0.265. The van der Waals surface area contributed by atoms with Crippen molar-refractivity contribution in [3.05, 3.63) is 23.4 Å². The van der Waals surface area contributed by atoms with Crippen molar-refractivity contribution in [2.75, 3.05) is 14.2 Å². The molecule has 2 N–H and O–H groups in total. The summed E-state index contributed by atoms with van der Waals surface area (Å²) in [6.45, 7) is 1.72. The number of aryl methyl sites for hydroxylation is 1. The first-order chi connectivity index (χ1) is 8.08. The third-order valence-corrected chi connectivity index (χ3v) is 2.70. The van der Waals surface area contributed by atoms with Gasteiger partial charge in [-0.3, -0.25) is 0 Å². The van der Waals surface area contributed by atoms with E-state index in [0.29, 0.717) is 22.6 Å². The van der Waals surface area contributed by atoms with Gasteiger partial charge in [-0.05, 0) is 13.0 Å². The third kappa shape index (κ3) is 1.69. The van der Waals surface area contributed by atoms with Crippen LogP contribution >= 0.6 is 0 Å². The molecule has 1 aromatic heterocycles. The summed E-state index contributed by atoms with van der Waals surface area (Å²) in [7, 11) is 3.06. The zero-order valence-electron chi connectivity index (χ0n) is 9.83. The predicted molar refractivity (Wildman–Crippen MR) is 63.1 cm³/mol. The van der Waals surface area contributed by atoms with E-state index >= 15 is 0 Å². The highest BCUT2D eigenvalue weighted by Gasteiger charge is 2.17. The number of aromatic carboxylic acids is 1. The van der Waals surface area contributed by atoms with Gasteiger partial charge in [0.25, 0.3) is 0 Å². The lowest BCUT2D eigenvalue weighted by atomic mass is 10.1. The molecule has 0 unspecified atom stereocenters. The van der Waals surface area contributed by atoms with Crippen molar-refractivity contribution in [3.8, 4) is 11.5 Å². The zero-order valence-corrected chi connectivity index (χ0v) is 9.83. The Morgan fingerprint density at radius 2 is 1.82 bits per heavy atom. The Labute approximate surface area is 98.0 Å². The summed E-state index contributed by atoms with van der Waals surface area (Å²) in [4.78, 5) is 14.2. The summed E-state index contributed by atoms with van der Waals surface area (Å²) in [6, 6.07) is 3.40. The molecule has 0 spiro atoms. The van der Waals surface area contributed by atoms with Crippen molar-refractivity contribution in [1.82, 2.24) is 4.98 Å². The van der Waals surface area contributed by atoms with Crippen molar-refractivity contribution < 1.29 is 19.4 Å². The summed E-state index contributed by atoms with van der Waals surface area (Å²) in [5.74, 6) is 0.126. The molecule has 0 aliphatic carbocycles. The predicted octanol–water partition coefficient (Wildman–Crippen LogP) is 2.19. The second-order valence-corrected chi connectivity index (χ2v) is 3.68. The van der Waals surface area contributed by atoms with E-state index in [0.717, 1.165) is 5.52 Å². The number of aromatic amines is 1. The van der Waals surface area contributed by atoms with Gasteiger partial charge < -0.3 is 19.6 Å². The summed E-state index contributed by atoms with van der Waals surface area (Å²) < 4.78 is 10.3. The summed E-state index contributed by atoms with van der Waals surface area (Å²) >= 11 is 0. The lowest BCUT2D eigenvalue weighted by Gasteiger charge is -2.07. The molecule has 0 amide bonds. The molecular weight excluding hydrogens is 222 g/mol. The Bertz CT molecular complexity index is 586. The Morgan fingerprint density at radius 1 is 1.24 bits per heavy atom. The quantitative estimate of drug-likeness (QED) is 0.855. The molecule has 5 heteroatoms. The highest BCUT2D eigenvalue weighted by molar-refractivity contribution is 6.05. The van der Waals surface area contributed by atoms with E-state index in [1.54, 1.807) is 19.1 Å². The largest absolute Gasteiger partial charge is 0.493 e. The standard InChI is InChI=1S/C12H13NO4/c1-6-11(12(14)15)7-4-9(16-2)10(17-3)5-8(7)13-6/h4-5,13H,1-3H3,(H,14,15). The van der Waals surface area contributed by atoms with Crippen LogP contribution < -0.4 is 9.47 Å². The highest BCUT2D eigenvalue weighted by Crippen LogP contribution is 2.34. The van der Waals surface area contributed by atoms with Gasteiger partial charge in [0.2, 0.25) is 0 Å². The van der Waals surface area contributed by atoms with E-state index in [2.05, 4.69) is 4.98 Å². The van der Waals surface area contributed by atoms with Gasteiger partial charge in [-0.25, -0.2) is 4.79 Å². The monoisotopic (exact) mass is 235 g/mol. The molecule has 0 bridgehead atoms. The van der Waals surface area contributed by atoms with E-state index in [4.69, 9.17) is 14.6 Å². The van der Waals surface area contributed by atoms with Crippen LogP contribution in [0.15, 0.2) is 12.1 Å². The van der Waals surface area contributed by atoms with E-state index < -0.39 is 5.97 Å². The molecule has 0 aliphatic rings. The Kier molecular flexibility index (Phi) is 2.67. The average molecular weight is 235 g/mol. The molecule has 0 aliphatic heterocycles. The van der Waals surface area contributed by atoms with Crippen LogP contribution in [0.1, 0.15) is 16.1 Å². The van der Waals surface area contributed by atoms with Gasteiger partial charge in [-0.1, -0.05) is 0 Å². The van der Waals surface area contributed by atoms with Crippen LogP contribution in [-0.4, -0.2) is 30.3 Å². The second-order valence-electron chi connectivity index (χ2n) is 3.68. The van der Waals surface area contributed by atoms with Crippen LogP contribution in [0.2, 0.25) is 0 Å². The summed E-state index contributed by atoms with van der Waals surface area (Å²) in [6.07, 6.45) is 0. The number of methoxy groups -OCH3 is 2. The van der Waals surface area contributed by atoms with E-state index in [9.17, 15) is 4.79 Å². The molecule has 0 atom stereocenters. The number of hydrogen-bond acceptors (Lipinski definition) is 3. The number of fused-ring (bicyclic) bond motifs is 1. The number of nitrogens with one attached hydrogen (secondary N) is 1. The first-order valence-electron chi connectivity index (χ1n) is 5.06. The number of ether oxygens (including phenoxy) is 2. The van der Waals surface area contributed by atoms with E-state index in [-0.39, 0.29) is 5.56 Å². The fourth-order valence-corrected chi connectivity index (χ4v) is 1.93. The van der Waals surface area contributed by atoms with Gasteiger partial charge in [0.1, 0.15) is 0 Å². The van der Waals surface area contributed by atoms with Gasteiger partial charge in [-0.2, -0.15) is 0 Å². The molecule has 2 rings (SSSR count). The number of rotatable bonds is 3. The van der Waals surface area contributed by atoms with Crippen molar-refractivity contribution >= 4 is 16.9 Å². The van der Waals surface area contributed by atoms with Crippen LogP contribution in [0.3, 0.4) is 0 Å². The lowest BCUT2D eigenvalue weighted by molar-refractivity contribution is 0.0698. The Balaban J connectivity index is 2.79. The number of carboxylic acid groups (broad SMARTS) is 1. The Morgan fingerprint density at radius 3 is 2.35 bits per heavy atom. The third-order valence-electron chi connectivity index (χ3n) is 2.70. The summed E-state index contributed by atoms with van der Waals surface area (Å²) in [5.41, 5.74) is 1.60. The van der Waals surface area contributed by atoms with Gasteiger partial charge in [-0.15, -0.1) is 0 Å². The van der Waals surface area contributed by atoms with Crippen LogP contribution in [0.25, 0.3) is 10.9 Å². The van der Waals surface area contributed by atoms with Crippen LogP contribution in [0.4, 0.5) is 0 Å². The minimum atomic E-state index is -0.957. The molecule has 17 heavy (non-hydrogen) atoms. The molecular formula is C12H13NO4. The number of aromatic nitrogens is 1. The maximum Gasteiger partial charge on any atom is 0.338 e. The first kappa shape index (κ1) is 11.3. The van der Waals surface area contributed by atoms with Gasteiger partial charge in [0.05, 0.1) is 25.3 Å². The molecule has 0 saturated heterocycles. The van der Waals surface area contributed by atoms with Crippen molar-refractivity contribution in [2.24, 2.45) is 0 Å². The van der Waals surface area contributed by atoms with Crippen LogP contribution in [-0.2, 0) is 0 Å². The first-order valence-corrected chi connectivity index (χ1v) is 5.06. The SMILES string of the molecule is COc1cc2[nH]c(C)c(C(=O)O)c2cc1OC. The Hall–Kier alpha value is -2.17. The number of hydrogen-bond donors (Lipinski definition) is 2. The zero-order chi connectivity index (χ0) is 12.6. The van der Waals surface area contributed by atoms with E-state index in [1.807, 2.05) is 0 Å². The van der Waals surface area contributed by atoms with Gasteiger partial charge in [0.15, 0.2) is 11.5 Å². The van der Waals surface area contributed by atoms with Crippen molar-refractivity contribution in [3.63, 3.8) is 0 Å². The minimum Gasteiger partial charge on any atom is -0.493 e. The van der Waals surface area contributed by atoms with Gasteiger partial charge >= 0.3 is 5.97 Å². The highest BCUT2D eigenvalue weighted by atomic mass is 16.5. The topological polar surface area (TPSA) is 71.6 Å². The molecule has 1 heterocycles. The fraction of sp³-hybridized carbons (Fsp3) is 0.250. The normalized spacial score (nSPS) is 10.5. The number of H-pyrrole nitrogens is 1. The van der Waals surface area contributed by atoms with Crippen LogP contribution in [0.5, 0.6) is 11.5 Å². The molecule has 90 valence electrons. The van der Waals surface area contributed by atoms with Crippen LogP contribution in [0, 0.1) is 6.92 Å². The maximum atomic E-state index is 11.2. The van der Waals surface area contributed by atoms with Gasteiger partial charge in [0, 0.05) is 17.1 Å². The molecule has 2 aromatic rings. The maximum absolute atomic E-state index is 11.2. The summed E-state index contributed by atoms with van der Waals surface area (Å²) in [5, 5.41) is 9.77. The lowest BCUT2D eigenvalue weighted by Crippen LogP contribution is -1.97. The van der Waals surface area contributed by atoms with Crippen molar-refractivity contribution in [2.45, 2.75) is 6.92 Å². The average Bonchev–Trinajstić information content (AvgIpc) is 2.61. The molecule has 0 radical (unpaired) electrons. The molecule has 5 nitrogen and oxygen atoms in total. The van der Waals surface area contributed by atoms with E-state index in [1.165, 1.54) is 14.2 Å². The molecule has 0 fully saturated rings. The molecule has 1 aromatic carbocycles. The number of carbonyl (C=O) groups is 1. The smallest absolute Gasteiger partial charge is 0.338 e. The number of benzene rings is 1. The molecule has 0 saturated carbocycles. The second kappa shape index (κ2) is 4.01. The fourth-order valence-electron chi connectivity index (χ4n) is 1.93. The number of carboxylic acids is 1. The van der Waals surface area contributed by atoms with Crippen molar-refractivity contribution in [1.29, 1.82) is 0 Å².